The molecule has 0 aliphatic heterocycles. The second kappa shape index (κ2) is 8.44. The van der Waals surface area contributed by atoms with Crippen LogP contribution in [0.1, 0.15) is 27.2 Å². The first-order chi connectivity index (χ1) is 7.93. The van der Waals surface area contributed by atoms with Crippen LogP contribution in [-0.2, 0) is 18.4 Å². The van der Waals surface area contributed by atoms with Crippen molar-refractivity contribution in [3.05, 3.63) is 12.7 Å². The van der Waals surface area contributed by atoms with Gasteiger partial charge in [0.1, 0.15) is 0 Å². The topological polar surface area (TPSA) is 44.8 Å². The molecule has 0 heterocycles. The van der Waals surface area contributed by atoms with Crippen molar-refractivity contribution in [1.82, 2.24) is 0 Å². The molecule has 4 nitrogen and oxygen atoms in total. The fourth-order valence-corrected chi connectivity index (χ4v) is 4.32. The SMILES string of the molecule is C=CC(=O)OCCC[Si@](C)(OCC)OC(C)C. The third-order valence-corrected chi connectivity index (χ3v) is 5.25. The first kappa shape index (κ1) is 16.3. The molecule has 0 bridgehead atoms. The largest absolute Gasteiger partial charge is 0.463 e. The Bertz CT molecular complexity index is 243. The van der Waals surface area contributed by atoms with Crippen LogP contribution in [0.2, 0.25) is 12.6 Å². The van der Waals surface area contributed by atoms with E-state index < -0.39 is 8.56 Å². The summed E-state index contributed by atoms with van der Waals surface area (Å²) in [5.41, 5.74) is 0. The Kier molecular flexibility index (Phi) is 8.12. The fraction of sp³-hybridized carbons (Fsp3) is 0.750. The minimum absolute atomic E-state index is 0.161. The zero-order valence-electron chi connectivity index (χ0n) is 11.3. The lowest BCUT2D eigenvalue weighted by Crippen LogP contribution is -2.41. The maximum atomic E-state index is 10.8. The molecular weight excluding hydrogens is 236 g/mol. The third-order valence-electron chi connectivity index (χ3n) is 2.12. The average Bonchev–Trinajstić information content (AvgIpc) is 2.23. The molecule has 0 saturated carbocycles. The van der Waals surface area contributed by atoms with Crippen molar-refractivity contribution in [1.29, 1.82) is 0 Å². The van der Waals surface area contributed by atoms with E-state index in [4.69, 9.17) is 13.6 Å². The van der Waals surface area contributed by atoms with Gasteiger partial charge in [0, 0.05) is 18.8 Å². The van der Waals surface area contributed by atoms with E-state index in [2.05, 4.69) is 6.58 Å². The first-order valence-corrected chi connectivity index (χ1v) is 8.57. The van der Waals surface area contributed by atoms with Gasteiger partial charge in [-0.25, -0.2) is 4.79 Å². The van der Waals surface area contributed by atoms with E-state index >= 15 is 0 Å². The summed E-state index contributed by atoms with van der Waals surface area (Å²) < 4.78 is 16.5. The lowest BCUT2D eigenvalue weighted by molar-refractivity contribution is -0.137. The van der Waals surface area contributed by atoms with Crippen molar-refractivity contribution in [3.8, 4) is 0 Å². The summed E-state index contributed by atoms with van der Waals surface area (Å²) >= 11 is 0. The maximum absolute atomic E-state index is 10.8. The molecule has 0 unspecified atom stereocenters. The number of carbonyl (C=O) groups is 1. The molecule has 0 aliphatic rings. The monoisotopic (exact) mass is 260 g/mol. The van der Waals surface area contributed by atoms with Gasteiger partial charge in [0.15, 0.2) is 0 Å². The van der Waals surface area contributed by atoms with Gasteiger partial charge in [-0.2, -0.15) is 0 Å². The van der Waals surface area contributed by atoms with E-state index in [9.17, 15) is 4.79 Å². The molecule has 17 heavy (non-hydrogen) atoms. The van der Waals surface area contributed by atoms with Crippen LogP contribution in [-0.4, -0.2) is 33.8 Å². The smallest absolute Gasteiger partial charge is 0.335 e. The van der Waals surface area contributed by atoms with Gasteiger partial charge < -0.3 is 13.6 Å². The van der Waals surface area contributed by atoms with Crippen LogP contribution in [0, 0.1) is 0 Å². The zero-order chi connectivity index (χ0) is 13.3. The first-order valence-electron chi connectivity index (χ1n) is 6.04. The van der Waals surface area contributed by atoms with Crippen molar-refractivity contribution in [2.45, 2.75) is 45.9 Å². The van der Waals surface area contributed by atoms with Gasteiger partial charge in [-0.05, 0) is 39.8 Å². The molecule has 0 aliphatic carbocycles. The number of rotatable bonds is 9. The van der Waals surface area contributed by atoms with Crippen molar-refractivity contribution < 1.29 is 18.4 Å². The molecule has 5 heteroatoms. The van der Waals surface area contributed by atoms with E-state index in [1.807, 2.05) is 27.3 Å². The second-order valence-electron chi connectivity index (χ2n) is 4.21. The van der Waals surface area contributed by atoms with Gasteiger partial charge >= 0.3 is 14.5 Å². The normalized spacial score (nSPS) is 14.4. The molecule has 0 aromatic heterocycles. The van der Waals surface area contributed by atoms with Crippen LogP contribution in [0.25, 0.3) is 0 Å². The average molecular weight is 260 g/mol. The van der Waals surface area contributed by atoms with Gasteiger partial charge in [0.25, 0.3) is 0 Å². The Balaban J connectivity index is 3.99. The predicted molar refractivity (Wildman–Crippen MR) is 70.0 cm³/mol. The number of hydrogen-bond donors (Lipinski definition) is 0. The number of esters is 1. The summed E-state index contributed by atoms with van der Waals surface area (Å²) in [5.74, 6) is -0.380. The van der Waals surface area contributed by atoms with Crippen LogP contribution in [0.5, 0.6) is 0 Å². The molecule has 0 amide bonds. The molecule has 1 atom stereocenters. The van der Waals surface area contributed by atoms with E-state index in [-0.39, 0.29) is 12.1 Å². The fourth-order valence-electron chi connectivity index (χ4n) is 1.59. The molecule has 0 aromatic carbocycles. The van der Waals surface area contributed by atoms with E-state index in [1.165, 1.54) is 6.08 Å². The number of carbonyl (C=O) groups excluding carboxylic acids is 1. The van der Waals surface area contributed by atoms with E-state index in [1.54, 1.807) is 0 Å². The van der Waals surface area contributed by atoms with Crippen molar-refractivity contribution in [2.75, 3.05) is 13.2 Å². The van der Waals surface area contributed by atoms with Crippen LogP contribution in [0.15, 0.2) is 12.7 Å². The molecular formula is C12H24O4Si. The highest BCUT2D eigenvalue weighted by molar-refractivity contribution is 6.66. The highest BCUT2D eigenvalue weighted by Crippen LogP contribution is 2.18. The van der Waals surface area contributed by atoms with Crippen LogP contribution >= 0.6 is 0 Å². The highest BCUT2D eigenvalue weighted by atomic mass is 28.4. The summed E-state index contributed by atoms with van der Waals surface area (Å²) in [6.45, 7) is 12.4. The van der Waals surface area contributed by atoms with Crippen LogP contribution in [0.4, 0.5) is 0 Å². The Labute approximate surface area is 105 Å². The predicted octanol–water partition coefficient (Wildman–Crippen LogP) is 2.64. The molecule has 100 valence electrons. The molecule has 0 radical (unpaired) electrons. The number of hydrogen-bond acceptors (Lipinski definition) is 4. The summed E-state index contributed by atoms with van der Waals surface area (Å²) in [6.07, 6.45) is 2.09. The Morgan fingerprint density at radius 2 is 2.12 bits per heavy atom. The van der Waals surface area contributed by atoms with Gasteiger partial charge in [0.2, 0.25) is 0 Å². The minimum Gasteiger partial charge on any atom is -0.463 e. The summed E-state index contributed by atoms with van der Waals surface area (Å²) in [4.78, 5) is 10.8. The third kappa shape index (κ3) is 8.12. The standard InChI is InChI=1S/C12H24O4Si/c1-6-12(13)14-9-8-10-17(5,15-7-2)16-11(3)4/h6,11H,1,7-10H2,2-5H3/t17-/m1/s1. The van der Waals surface area contributed by atoms with Crippen LogP contribution < -0.4 is 0 Å². The molecule has 0 rings (SSSR count). The second-order valence-corrected chi connectivity index (χ2v) is 7.50. The molecule has 0 spiro atoms. The number of ether oxygens (including phenoxy) is 1. The van der Waals surface area contributed by atoms with Gasteiger partial charge in [0.05, 0.1) is 6.61 Å². The maximum Gasteiger partial charge on any atom is 0.335 e. The highest BCUT2D eigenvalue weighted by Gasteiger charge is 2.31. The Morgan fingerprint density at radius 1 is 1.47 bits per heavy atom. The van der Waals surface area contributed by atoms with Crippen molar-refractivity contribution in [2.24, 2.45) is 0 Å². The lowest BCUT2D eigenvalue weighted by atomic mass is 10.5. The van der Waals surface area contributed by atoms with Gasteiger partial charge in [-0.3, -0.25) is 0 Å². The summed E-state index contributed by atoms with van der Waals surface area (Å²) in [5, 5.41) is 0. The van der Waals surface area contributed by atoms with Crippen molar-refractivity contribution in [3.63, 3.8) is 0 Å². The lowest BCUT2D eigenvalue weighted by Gasteiger charge is -2.28. The quantitative estimate of drug-likeness (QED) is 0.277. The molecule has 0 fully saturated rings. The van der Waals surface area contributed by atoms with Gasteiger partial charge in [-0.1, -0.05) is 6.58 Å². The summed E-state index contributed by atoms with van der Waals surface area (Å²) in [6, 6.07) is 0.823. The molecule has 0 aromatic rings. The zero-order valence-corrected chi connectivity index (χ0v) is 12.3. The Morgan fingerprint density at radius 3 is 2.59 bits per heavy atom. The molecule has 0 saturated heterocycles. The summed E-state index contributed by atoms with van der Waals surface area (Å²) in [7, 11) is -2.11. The Hall–Kier alpha value is -0.653. The van der Waals surface area contributed by atoms with E-state index in [0.717, 1.165) is 12.5 Å². The van der Waals surface area contributed by atoms with Crippen molar-refractivity contribution >= 4 is 14.5 Å². The van der Waals surface area contributed by atoms with Crippen LogP contribution in [0.3, 0.4) is 0 Å². The van der Waals surface area contributed by atoms with E-state index in [0.29, 0.717) is 13.2 Å². The van der Waals surface area contributed by atoms with Gasteiger partial charge in [-0.15, -0.1) is 0 Å². The minimum atomic E-state index is -2.11. The molecule has 0 N–H and O–H groups in total.